The molecule has 2 heterocycles. The molecule has 0 bridgehead atoms. The van der Waals surface area contributed by atoms with Gasteiger partial charge in [-0.1, -0.05) is 65.2 Å². The Hall–Kier alpha value is -3.19. The maximum Gasteiger partial charge on any atom is 0.132 e. The van der Waals surface area contributed by atoms with Crippen molar-refractivity contribution in [2.24, 2.45) is 47.3 Å². The average Bonchev–Trinajstić information content (AvgIpc) is 3.29. The van der Waals surface area contributed by atoms with Crippen LogP contribution in [0.2, 0.25) is 0 Å². The second-order valence-corrected chi connectivity index (χ2v) is 20.4. The molecule has 2 atom stereocenters. The minimum Gasteiger partial charge on any atom is -0.300 e. The predicted molar refractivity (Wildman–Crippen MR) is 242 cm³/mol. The second-order valence-electron chi connectivity index (χ2n) is 20.4. The van der Waals surface area contributed by atoms with Crippen molar-refractivity contribution >= 4 is 5.78 Å². The summed E-state index contributed by atoms with van der Waals surface area (Å²) in [6, 6.07) is 14.2. The van der Waals surface area contributed by atoms with Gasteiger partial charge in [0.25, 0.3) is 0 Å². The molecule has 6 rings (SSSR count). The smallest absolute Gasteiger partial charge is 0.132 e. The number of nitriles is 2. The number of Topliss-reactive ketones (excluding diaryl/α,β-unsaturated/α-hetero) is 1. The van der Waals surface area contributed by atoms with E-state index in [1.54, 1.807) is 0 Å². The lowest BCUT2D eigenvalue weighted by Crippen LogP contribution is -2.24. The summed E-state index contributed by atoms with van der Waals surface area (Å²) < 4.78 is 0. The van der Waals surface area contributed by atoms with Crippen molar-refractivity contribution in [1.29, 1.82) is 10.5 Å². The largest absolute Gasteiger partial charge is 0.300 e. The Kier molecular flexibility index (Phi) is 19.3. The molecule has 4 aliphatic rings. The van der Waals surface area contributed by atoms with Crippen LogP contribution < -0.4 is 0 Å². The zero-order valence-corrected chi connectivity index (χ0v) is 37.9. The summed E-state index contributed by atoms with van der Waals surface area (Å²) in [5, 5.41) is 38.5. The SMILES string of the molecule is CCCC1CCC(C(C#N)CC2CCC(c3ccc(CCCCC(=O)CCCCc4ccc(C5CCC(CC(C#N)C6CCC(CCC)CC6)CC5)nn4)nn3)CC2)CC1. The normalized spacial score (nSPS) is 28.3. The summed E-state index contributed by atoms with van der Waals surface area (Å²) in [5.74, 6) is 6.25. The summed E-state index contributed by atoms with van der Waals surface area (Å²) in [7, 11) is 0. The minimum absolute atomic E-state index is 0.245. The van der Waals surface area contributed by atoms with Crippen LogP contribution in [-0.2, 0) is 17.6 Å². The van der Waals surface area contributed by atoms with E-state index in [2.05, 4.69) is 70.6 Å². The van der Waals surface area contributed by atoms with Gasteiger partial charge in [-0.15, -0.1) is 0 Å². The lowest BCUT2D eigenvalue weighted by molar-refractivity contribution is -0.119. The van der Waals surface area contributed by atoms with Crippen molar-refractivity contribution in [1.82, 2.24) is 20.4 Å². The highest BCUT2D eigenvalue weighted by molar-refractivity contribution is 5.78. The number of aromatic nitrogens is 4. The van der Waals surface area contributed by atoms with Gasteiger partial charge in [-0.2, -0.15) is 30.9 Å². The highest BCUT2D eigenvalue weighted by atomic mass is 16.1. The lowest BCUT2D eigenvalue weighted by Gasteiger charge is -2.34. The van der Waals surface area contributed by atoms with E-state index in [1.165, 1.54) is 103 Å². The molecule has 2 unspecified atom stereocenters. The number of unbranched alkanes of at least 4 members (excludes halogenated alkanes) is 2. The van der Waals surface area contributed by atoms with Gasteiger partial charge >= 0.3 is 0 Å². The summed E-state index contributed by atoms with van der Waals surface area (Å²) in [4.78, 5) is 12.6. The van der Waals surface area contributed by atoms with E-state index in [1.807, 2.05) is 0 Å². The fourth-order valence-electron chi connectivity index (χ4n) is 12.2. The Balaban J connectivity index is 0.784. The first kappa shape index (κ1) is 46.3. The molecule has 0 aliphatic heterocycles. The molecule has 0 saturated heterocycles. The molecule has 2 aromatic heterocycles. The fourth-order valence-corrected chi connectivity index (χ4v) is 12.2. The van der Waals surface area contributed by atoms with Crippen LogP contribution >= 0.6 is 0 Å². The van der Waals surface area contributed by atoms with E-state index in [0.717, 1.165) is 112 Å². The minimum atomic E-state index is 0.245. The summed E-state index contributed by atoms with van der Waals surface area (Å²) in [6.07, 6.45) is 34.2. The van der Waals surface area contributed by atoms with E-state index in [0.29, 0.717) is 54.1 Å². The first-order valence-electron chi connectivity index (χ1n) is 25.4. The van der Waals surface area contributed by atoms with E-state index in [9.17, 15) is 15.3 Å². The van der Waals surface area contributed by atoms with Crippen molar-refractivity contribution < 1.29 is 4.79 Å². The topological polar surface area (TPSA) is 116 Å². The molecule has 0 N–H and O–H groups in total. The number of nitrogens with zero attached hydrogens (tertiary/aromatic N) is 6. The zero-order chi connectivity index (χ0) is 41.9. The molecule has 0 spiro atoms. The Morgan fingerprint density at radius 2 is 0.917 bits per heavy atom. The maximum absolute atomic E-state index is 12.6. The lowest BCUT2D eigenvalue weighted by atomic mass is 9.70. The molecular formula is C53H80N6O. The van der Waals surface area contributed by atoms with Crippen LogP contribution in [0.25, 0.3) is 0 Å². The van der Waals surface area contributed by atoms with Gasteiger partial charge in [-0.3, -0.25) is 4.79 Å². The standard InChI is InChI=1S/C53H80N6O/c1-3-9-39-15-23-43(24-16-39)47(37-54)35-41-19-27-45(28-20-41)52-33-31-49(56-58-52)11-5-7-13-51(60)14-8-6-12-50-32-34-53(59-57-50)46-29-21-42(22-30-46)36-48(38-55)44-25-17-40(10-4-2)18-26-44/h31-34,39-48H,3-30,35-36H2,1-2H3. The van der Waals surface area contributed by atoms with Crippen LogP contribution in [0.5, 0.6) is 0 Å². The van der Waals surface area contributed by atoms with Crippen LogP contribution in [0.15, 0.2) is 24.3 Å². The van der Waals surface area contributed by atoms with E-state index in [-0.39, 0.29) is 11.8 Å². The number of aryl methyl sites for hydroxylation is 2. The first-order valence-corrected chi connectivity index (χ1v) is 25.4. The van der Waals surface area contributed by atoms with Crippen LogP contribution in [-0.4, -0.2) is 26.2 Å². The number of carbonyl (C=O) groups is 1. The fraction of sp³-hybridized carbons (Fsp3) is 0.792. The molecule has 0 radical (unpaired) electrons. The van der Waals surface area contributed by atoms with Gasteiger partial charge in [0.1, 0.15) is 5.78 Å². The Bertz CT molecular complexity index is 1480. The summed E-state index contributed by atoms with van der Waals surface area (Å²) in [5.41, 5.74) is 4.33. The maximum atomic E-state index is 12.6. The average molecular weight is 817 g/mol. The van der Waals surface area contributed by atoms with Gasteiger partial charge in [-0.05, 0) is 188 Å². The highest BCUT2D eigenvalue weighted by Crippen LogP contribution is 2.44. The van der Waals surface area contributed by atoms with Gasteiger partial charge in [0.05, 0.1) is 34.9 Å². The first-order chi connectivity index (χ1) is 29.4. The third-order valence-electron chi connectivity index (χ3n) is 16.1. The van der Waals surface area contributed by atoms with Crippen LogP contribution in [0.4, 0.5) is 0 Å². The van der Waals surface area contributed by atoms with E-state index in [4.69, 9.17) is 0 Å². The molecular weight excluding hydrogens is 737 g/mol. The van der Waals surface area contributed by atoms with Crippen LogP contribution in [0.1, 0.15) is 228 Å². The third kappa shape index (κ3) is 14.4. The molecule has 2 aromatic rings. The van der Waals surface area contributed by atoms with E-state index < -0.39 is 0 Å². The molecule has 4 fully saturated rings. The van der Waals surface area contributed by atoms with Crippen molar-refractivity contribution in [2.75, 3.05) is 0 Å². The molecule has 4 saturated carbocycles. The predicted octanol–water partition coefficient (Wildman–Crippen LogP) is 13.8. The van der Waals surface area contributed by atoms with Crippen molar-refractivity contribution in [3.8, 4) is 12.1 Å². The van der Waals surface area contributed by atoms with E-state index >= 15 is 0 Å². The van der Waals surface area contributed by atoms with Crippen molar-refractivity contribution in [2.45, 2.75) is 218 Å². The number of hydrogen-bond donors (Lipinski definition) is 0. The van der Waals surface area contributed by atoms with Gasteiger partial charge < -0.3 is 0 Å². The molecule has 60 heavy (non-hydrogen) atoms. The molecule has 0 aromatic carbocycles. The van der Waals surface area contributed by atoms with Crippen LogP contribution in [0, 0.1) is 70.0 Å². The van der Waals surface area contributed by atoms with Crippen LogP contribution in [0.3, 0.4) is 0 Å². The zero-order valence-electron chi connectivity index (χ0n) is 37.9. The van der Waals surface area contributed by atoms with Crippen molar-refractivity contribution in [3.05, 3.63) is 47.0 Å². The van der Waals surface area contributed by atoms with Crippen molar-refractivity contribution in [3.63, 3.8) is 0 Å². The Labute approximate surface area is 365 Å². The van der Waals surface area contributed by atoms with Gasteiger partial charge in [0.15, 0.2) is 0 Å². The monoisotopic (exact) mass is 817 g/mol. The number of ketones is 1. The quantitative estimate of drug-likeness (QED) is 0.109. The molecule has 328 valence electrons. The van der Waals surface area contributed by atoms with Gasteiger partial charge in [-0.25, -0.2) is 0 Å². The second kappa shape index (κ2) is 25.1. The summed E-state index contributed by atoms with van der Waals surface area (Å²) in [6.45, 7) is 4.59. The Morgan fingerprint density at radius 3 is 1.25 bits per heavy atom. The molecule has 4 aliphatic carbocycles. The molecule has 7 nitrogen and oxygen atoms in total. The number of rotatable bonds is 22. The molecule has 0 amide bonds. The number of carbonyl (C=O) groups excluding carboxylic acids is 1. The Morgan fingerprint density at radius 1 is 0.533 bits per heavy atom. The van der Waals surface area contributed by atoms with Gasteiger partial charge in [0, 0.05) is 36.5 Å². The third-order valence-corrected chi connectivity index (χ3v) is 16.1. The highest BCUT2D eigenvalue weighted by Gasteiger charge is 2.33. The molecule has 7 heteroatoms. The number of hydrogen-bond acceptors (Lipinski definition) is 7. The van der Waals surface area contributed by atoms with Gasteiger partial charge in [0.2, 0.25) is 0 Å². The summed E-state index contributed by atoms with van der Waals surface area (Å²) >= 11 is 0.